The normalized spacial score (nSPS) is 15.9. The average Bonchev–Trinajstić information content (AvgIpc) is 2.88. The van der Waals surface area contributed by atoms with Crippen LogP contribution in [0.2, 0.25) is 0 Å². The lowest BCUT2D eigenvalue weighted by atomic mass is 10.0. The minimum atomic E-state index is 0.0897. The first kappa shape index (κ1) is 16.8. The van der Waals surface area contributed by atoms with Crippen LogP contribution in [0.25, 0.3) is 10.8 Å². The molecule has 2 aromatic rings. The van der Waals surface area contributed by atoms with Crippen LogP contribution in [-0.4, -0.2) is 37.6 Å². The van der Waals surface area contributed by atoms with E-state index in [2.05, 4.69) is 28.4 Å². The molecule has 0 spiro atoms. The zero-order valence-electron chi connectivity index (χ0n) is 14.4. The van der Waals surface area contributed by atoms with Gasteiger partial charge in [-0.05, 0) is 42.8 Å². The standard InChI is InChI=1S/C20H26N2O2/c1-24-19-11-10-16-8-4-5-9-17(16)18(19)14-21-20(23)15-22-12-6-2-3-7-13-22/h4-5,8-11H,2-3,6-7,12-15H2,1H3,(H,21,23). The second-order valence-electron chi connectivity index (χ2n) is 6.43. The van der Waals surface area contributed by atoms with Gasteiger partial charge in [-0.2, -0.15) is 0 Å². The number of methoxy groups -OCH3 is 1. The van der Waals surface area contributed by atoms with Gasteiger partial charge in [0.2, 0.25) is 5.91 Å². The monoisotopic (exact) mass is 326 g/mol. The molecule has 3 rings (SSSR count). The molecule has 1 saturated heterocycles. The molecule has 24 heavy (non-hydrogen) atoms. The van der Waals surface area contributed by atoms with Crippen molar-refractivity contribution < 1.29 is 9.53 Å². The number of benzene rings is 2. The number of hydrogen-bond acceptors (Lipinski definition) is 3. The van der Waals surface area contributed by atoms with Crippen LogP contribution >= 0.6 is 0 Å². The number of carbonyl (C=O) groups excluding carboxylic acids is 1. The van der Waals surface area contributed by atoms with Crippen LogP contribution in [0.1, 0.15) is 31.2 Å². The van der Waals surface area contributed by atoms with Gasteiger partial charge in [0, 0.05) is 12.1 Å². The molecule has 0 saturated carbocycles. The van der Waals surface area contributed by atoms with E-state index >= 15 is 0 Å². The lowest BCUT2D eigenvalue weighted by molar-refractivity contribution is -0.122. The van der Waals surface area contributed by atoms with Crippen molar-refractivity contribution in [2.75, 3.05) is 26.7 Å². The zero-order chi connectivity index (χ0) is 16.8. The molecule has 4 nitrogen and oxygen atoms in total. The minimum absolute atomic E-state index is 0.0897. The van der Waals surface area contributed by atoms with Crippen LogP contribution in [0.15, 0.2) is 36.4 Å². The molecule has 0 aliphatic carbocycles. The molecule has 0 aromatic heterocycles. The Kier molecular flexibility index (Phi) is 5.70. The van der Waals surface area contributed by atoms with Crippen LogP contribution in [0.3, 0.4) is 0 Å². The number of likely N-dealkylation sites (tertiary alicyclic amines) is 1. The largest absolute Gasteiger partial charge is 0.496 e. The van der Waals surface area contributed by atoms with E-state index in [9.17, 15) is 4.79 Å². The number of ether oxygens (including phenoxy) is 1. The number of amides is 1. The SMILES string of the molecule is COc1ccc2ccccc2c1CNC(=O)CN1CCCCCC1. The average molecular weight is 326 g/mol. The molecule has 1 fully saturated rings. The molecule has 1 aliphatic heterocycles. The first-order chi connectivity index (χ1) is 11.8. The molecule has 4 heteroatoms. The van der Waals surface area contributed by atoms with Crippen molar-refractivity contribution in [3.05, 3.63) is 42.0 Å². The first-order valence-corrected chi connectivity index (χ1v) is 8.81. The third-order valence-corrected chi connectivity index (χ3v) is 4.75. The van der Waals surface area contributed by atoms with Gasteiger partial charge in [-0.1, -0.05) is 43.2 Å². The summed E-state index contributed by atoms with van der Waals surface area (Å²) < 4.78 is 5.49. The molecule has 0 unspecified atom stereocenters. The van der Waals surface area contributed by atoms with E-state index in [1.165, 1.54) is 25.7 Å². The van der Waals surface area contributed by atoms with E-state index in [1.54, 1.807) is 7.11 Å². The van der Waals surface area contributed by atoms with E-state index < -0.39 is 0 Å². The number of carbonyl (C=O) groups is 1. The highest BCUT2D eigenvalue weighted by molar-refractivity contribution is 5.88. The van der Waals surface area contributed by atoms with Crippen LogP contribution in [0.5, 0.6) is 5.75 Å². The van der Waals surface area contributed by atoms with Gasteiger partial charge >= 0.3 is 0 Å². The van der Waals surface area contributed by atoms with Gasteiger partial charge in [0.05, 0.1) is 13.7 Å². The Morgan fingerprint density at radius 2 is 1.83 bits per heavy atom. The first-order valence-electron chi connectivity index (χ1n) is 8.81. The predicted molar refractivity (Wildman–Crippen MR) is 97.3 cm³/mol. The van der Waals surface area contributed by atoms with Crippen LogP contribution in [0, 0.1) is 0 Å². The Morgan fingerprint density at radius 1 is 1.08 bits per heavy atom. The molecule has 1 amide bonds. The van der Waals surface area contributed by atoms with Crippen molar-refractivity contribution in [3.8, 4) is 5.75 Å². The Hall–Kier alpha value is -2.07. The molecule has 1 heterocycles. The number of hydrogen-bond donors (Lipinski definition) is 1. The van der Waals surface area contributed by atoms with E-state index in [1.807, 2.05) is 18.2 Å². The van der Waals surface area contributed by atoms with Gasteiger partial charge in [-0.25, -0.2) is 0 Å². The molecular formula is C20H26N2O2. The van der Waals surface area contributed by atoms with Crippen molar-refractivity contribution >= 4 is 16.7 Å². The number of fused-ring (bicyclic) bond motifs is 1. The molecule has 0 bridgehead atoms. The molecule has 2 aromatic carbocycles. The van der Waals surface area contributed by atoms with Crippen molar-refractivity contribution in [2.24, 2.45) is 0 Å². The molecule has 0 atom stereocenters. The summed E-state index contributed by atoms with van der Waals surface area (Å²) in [4.78, 5) is 14.6. The highest BCUT2D eigenvalue weighted by Gasteiger charge is 2.14. The van der Waals surface area contributed by atoms with E-state index in [0.717, 1.165) is 35.2 Å². The lowest BCUT2D eigenvalue weighted by Crippen LogP contribution is -2.37. The fraction of sp³-hybridized carbons (Fsp3) is 0.450. The maximum atomic E-state index is 12.3. The highest BCUT2D eigenvalue weighted by atomic mass is 16.5. The summed E-state index contributed by atoms with van der Waals surface area (Å²) in [6, 6.07) is 12.2. The topological polar surface area (TPSA) is 41.6 Å². The van der Waals surface area contributed by atoms with Crippen molar-refractivity contribution in [2.45, 2.75) is 32.2 Å². The van der Waals surface area contributed by atoms with E-state index in [4.69, 9.17) is 4.74 Å². The maximum absolute atomic E-state index is 12.3. The van der Waals surface area contributed by atoms with E-state index in [0.29, 0.717) is 13.1 Å². The van der Waals surface area contributed by atoms with Gasteiger partial charge in [0.15, 0.2) is 0 Å². The molecular weight excluding hydrogens is 300 g/mol. The Balaban J connectivity index is 1.67. The minimum Gasteiger partial charge on any atom is -0.496 e. The summed E-state index contributed by atoms with van der Waals surface area (Å²) in [5.74, 6) is 0.913. The zero-order valence-corrected chi connectivity index (χ0v) is 14.4. The second kappa shape index (κ2) is 8.15. The molecule has 0 radical (unpaired) electrons. The maximum Gasteiger partial charge on any atom is 0.234 e. The van der Waals surface area contributed by atoms with Crippen molar-refractivity contribution in [1.82, 2.24) is 10.2 Å². The summed E-state index contributed by atoms with van der Waals surface area (Å²) in [5.41, 5.74) is 1.04. The van der Waals surface area contributed by atoms with Gasteiger partial charge in [0.1, 0.15) is 5.75 Å². The van der Waals surface area contributed by atoms with Crippen LogP contribution in [0.4, 0.5) is 0 Å². The fourth-order valence-electron chi connectivity index (χ4n) is 3.43. The summed E-state index contributed by atoms with van der Waals surface area (Å²) in [5, 5.41) is 5.37. The van der Waals surface area contributed by atoms with Crippen LogP contribution in [-0.2, 0) is 11.3 Å². The Morgan fingerprint density at radius 3 is 2.58 bits per heavy atom. The molecule has 1 aliphatic rings. The summed E-state index contributed by atoms with van der Waals surface area (Å²) in [6.07, 6.45) is 4.96. The van der Waals surface area contributed by atoms with Gasteiger partial charge in [-0.15, -0.1) is 0 Å². The van der Waals surface area contributed by atoms with Gasteiger partial charge in [0.25, 0.3) is 0 Å². The van der Waals surface area contributed by atoms with E-state index in [-0.39, 0.29) is 5.91 Å². The highest BCUT2D eigenvalue weighted by Crippen LogP contribution is 2.27. The number of rotatable bonds is 5. The third-order valence-electron chi connectivity index (χ3n) is 4.75. The summed E-state index contributed by atoms with van der Waals surface area (Å²) in [7, 11) is 1.67. The molecule has 1 N–H and O–H groups in total. The summed E-state index contributed by atoms with van der Waals surface area (Å²) >= 11 is 0. The second-order valence-corrected chi connectivity index (χ2v) is 6.43. The predicted octanol–water partition coefficient (Wildman–Crippen LogP) is 3.34. The van der Waals surface area contributed by atoms with Crippen LogP contribution < -0.4 is 10.1 Å². The Labute approximate surface area is 143 Å². The smallest absolute Gasteiger partial charge is 0.234 e. The van der Waals surface area contributed by atoms with Crippen molar-refractivity contribution in [3.63, 3.8) is 0 Å². The fourth-order valence-corrected chi connectivity index (χ4v) is 3.43. The summed E-state index contributed by atoms with van der Waals surface area (Å²) in [6.45, 7) is 3.06. The molecule has 128 valence electrons. The number of nitrogens with zero attached hydrogens (tertiary/aromatic N) is 1. The number of nitrogens with one attached hydrogen (secondary N) is 1. The quantitative estimate of drug-likeness (QED) is 0.916. The van der Waals surface area contributed by atoms with Gasteiger partial charge in [-0.3, -0.25) is 9.69 Å². The third kappa shape index (κ3) is 4.06. The lowest BCUT2D eigenvalue weighted by Gasteiger charge is -2.19. The Bertz CT molecular complexity index is 691. The van der Waals surface area contributed by atoms with Crippen molar-refractivity contribution in [1.29, 1.82) is 0 Å². The van der Waals surface area contributed by atoms with Gasteiger partial charge < -0.3 is 10.1 Å².